The largest absolute Gasteiger partial charge is 0.422 e. The van der Waals surface area contributed by atoms with Gasteiger partial charge in [0.2, 0.25) is 0 Å². The smallest absolute Gasteiger partial charge is 0.344 e. The van der Waals surface area contributed by atoms with Crippen molar-refractivity contribution in [2.24, 2.45) is 0 Å². The molecule has 0 atom stereocenters. The van der Waals surface area contributed by atoms with Gasteiger partial charge in [0.15, 0.2) is 0 Å². The summed E-state index contributed by atoms with van der Waals surface area (Å²) in [5, 5.41) is 12.2. The quantitative estimate of drug-likeness (QED) is 0.518. The zero-order valence-electron chi connectivity index (χ0n) is 15.0. The number of hydrogen-bond donors (Lipinski definition) is 1. The number of carbonyl (C=O) groups excluding carboxylic acids is 1. The molecule has 0 radical (unpaired) electrons. The van der Waals surface area contributed by atoms with Crippen molar-refractivity contribution in [1.82, 2.24) is 0 Å². The lowest BCUT2D eigenvalue weighted by molar-refractivity contribution is 0.102. The second kappa shape index (κ2) is 7.41. The summed E-state index contributed by atoms with van der Waals surface area (Å²) in [6, 6.07) is 21.0. The highest BCUT2D eigenvalue weighted by Crippen LogP contribution is 2.24. The Bertz CT molecular complexity index is 1350. The van der Waals surface area contributed by atoms with E-state index in [2.05, 4.69) is 5.32 Å². The Kier molecular flexibility index (Phi) is 4.63. The van der Waals surface area contributed by atoms with Crippen molar-refractivity contribution >= 4 is 22.6 Å². The van der Waals surface area contributed by atoms with Crippen LogP contribution in [0.15, 0.2) is 82.0 Å². The highest BCUT2D eigenvalue weighted by atomic mass is 19.1. The van der Waals surface area contributed by atoms with Crippen LogP contribution in [-0.4, -0.2) is 5.91 Å². The molecule has 0 aliphatic carbocycles. The molecule has 1 heterocycles. The number of nitrogens with one attached hydrogen (secondary N) is 1. The van der Waals surface area contributed by atoms with E-state index in [0.717, 1.165) is 11.5 Å². The zero-order chi connectivity index (χ0) is 20.4. The average molecular weight is 384 g/mol. The number of halogens is 1. The van der Waals surface area contributed by atoms with Crippen molar-refractivity contribution in [2.75, 3.05) is 5.32 Å². The Morgan fingerprint density at radius 1 is 1.00 bits per heavy atom. The van der Waals surface area contributed by atoms with Crippen LogP contribution in [0.25, 0.3) is 22.1 Å². The number of nitrogens with zero attached hydrogens (tertiary/aromatic N) is 1. The summed E-state index contributed by atoms with van der Waals surface area (Å²) in [6.07, 6.45) is 0. The summed E-state index contributed by atoms with van der Waals surface area (Å²) in [6.45, 7) is 0. The topological polar surface area (TPSA) is 83.1 Å². The zero-order valence-corrected chi connectivity index (χ0v) is 15.0. The van der Waals surface area contributed by atoms with Crippen molar-refractivity contribution in [1.29, 1.82) is 5.26 Å². The second-order valence-electron chi connectivity index (χ2n) is 6.33. The van der Waals surface area contributed by atoms with Crippen LogP contribution in [0.1, 0.15) is 15.9 Å². The van der Waals surface area contributed by atoms with E-state index in [1.807, 2.05) is 18.2 Å². The summed E-state index contributed by atoms with van der Waals surface area (Å²) in [7, 11) is 0. The van der Waals surface area contributed by atoms with Crippen molar-refractivity contribution in [3.05, 3.63) is 100 Å². The minimum absolute atomic E-state index is 0.129. The molecule has 3 aromatic carbocycles. The van der Waals surface area contributed by atoms with E-state index < -0.39 is 17.3 Å². The highest BCUT2D eigenvalue weighted by Gasteiger charge is 2.14. The molecule has 0 bridgehead atoms. The Hall–Kier alpha value is -4.24. The summed E-state index contributed by atoms with van der Waals surface area (Å²) >= 11 is 0. The third-order valence-corrected chi connectivity index (χ3v) is 4.42. The number of rotatable bonds is 3. The molecule has 0 aliphatic rings. The monoisotopic (exact) mass is 384 g/mol. The van der Waals surface area contributed by atoms with Crippen LogP contribution in [0.2, 0.25) is 0 Å². The summed E-state index contributed by atoms with van der Waals surface area (Å²) in [5.41, 5.74) is 1.24. The van der Waals surface area contributed by atoms with Gasteiger partial charge in [0.05, 0.1) is 22.8 Å². The molecule has 0 saturated carbocycles. The van der Waals surface area contributed by atoms with Crippen molar-refractivity contribution < 1.29 is 13.6 Å². The van der Waals surface area contributed by atoms with E-state index in [-0.39, 0.29) is 11.1 Å². The van der Waals surface area contributed by atoms with Crippen LogP contribution >= 0.6 is 0 Å². The Labute approximate surface area is 164 Å². The van der Waals surface area contributed by atoms with Gasteiger partial charge in [-0.3, -0.25) is 4.79 Å². The Morgan fingerprint density at radius 2 is 1.83 bits per heavy atom. The van der Waals surface area contributed by atoms with Crippen molar-refractivity contribution in [3.8, 4) is 17.2 Å². The number of para-hydroxylation sites is 1. The molecule has 6 heteroatoms. The van der Waals surface area contributed by atoms with E-state index in [0.29, 0.717) is 22.4 Å². The molecule has 1 aromatic heterocycles. The fourth-order valence-electron chi connectivity index (χ4n) is 2.99. The predicted molar refractivity (Wildman–Crippen MR) is 107 cm³/mol. The van der Waals surface area contributed by atoms with Gasteiger partial charge in [-0.25, -0.2) is 9.18 Å². The van der Waals surface area contributed by atoms with Gasteiger partial charge in [0.25, 0.3) is 5.91 Å². The Balaban J connectivity index is 1.66. The Morgan fingerprint density at radius 3 is 2.62 bits per heavy atom. The molecule has 1 amide bonds. The van der Waals surface area contributed by atoms with Gasteiger partial charge < -0.3 is 9.73 Å². The molecule has 5 nitrogen and oxygen atoms in total. The third-order valence-electron chi connectivity index (χ3n) is 4.42. The number of hydrogen-bond acceptors (Lipinski definition) is 4. The van der Waals surface area contributed by atoms with E-state index >= 15 is 0 Å². The minimum Gasteiger partial charge on any atom is -0.422 e. The first kappa shape index (κ1) is 18.1. The van der Waals surface area contributed by atoms with E-state index in [9.17, 15) is 14.0 Å². The van der Waals surface area contributed by atoms with Crippen LogP contribution in [0.4, 0.5) is 10.1 Å². The maximum absolute atomic E-state index is 14.1. The van der Waals surface area contributed by atoms with Crippen molar-refractivity contribution in [3.63, 3.8) is 0 Å². The lowest BCUT2D eigenvalue weighted by Crippen LogP contribution is -2.14. The maximum atomic E-state index is 14.1. The van der Waals surface area contributed by atoms with Crippen LogP contribution in [0.5, 0.6) is 0 Å². The SMILES string of the molecule is N#Cc1ccc(C(=O)Nc2cccc(-c3cc4ccccc4oc3=O)c2)c(F)c1. The summed E-state index contributed by atoms with van der Waals surface area (Å²) < 4.78 is 19.4. The molecule has 140 valence electrons. The molecule has 0 saturated heterocycles. The fraction of sp³-hybridized carbons (Fsp3) is 0. The van der Waals surface area contributed by atoms with E-state index in [4.69, 9.17) is 9.68 Å². The first-order valence-corrected chi connectivity index (χ1v) is 8.69. The second-order valence-corrected chi connectivity index (χ2v) is 6.33. The average Bonchev–Trinajstić information content (AvgIpc) is 2.73. The van der Waals surface area contributed by atoms with Gasteiger partial charge >= 0.3 is 5.63 Å². The number of benzene rings is 3. The normalized spacial score (nSPS) is 10.5. The lowest BCUT2D eigenvalue weighted by Gasteiger charge is -2.08. The van der Waals surface area contributed by atoms with E-state index in [1.165, 1.54) is 12.1 Å². The number of nitriles is 1. The molecule has 4 rings (SSSR count). The predicted octanol–water partition coefficient (Wildman–Crippen LogP) is 4.72. The lowest BCUT2D eigenvalue weighted by atomic mass is 10.0. The molecule has 0 spiro atoms. The van der Waals surface area contributed by atoms with Crippen LogP contribution in [0, 0.1) is 17.1 Å². The molecule has 0 aliphatic heterocycles. The van der Waals surface area contributed by atoms with Gasteiger partial charge in [0.1, 0.15) is 11.4 Å². The number of fused-ring (bicyclic) bond motifs is 1. The molecule has 0 fully saturated rings. The first-order valence-electron chi connectivity index (χ1n) is 8.69. The van der Waals surface area contributed by atoms with Gasteiger partial charge in [-0.1, -0.05) is 30.3 Å². The van der Waals surface area contributed by atoms with Gasteiger partial charge in [-0.15, -0.1) is 0 Å². The van der Waals surface area contributed by atoms with Crippen LogP contribution in [0.3, 0.4) is 0 Å². The maximum Gasteiger partial charge on any atom is 0.344 e. The highest BCUT2D eigenvalue weighted by molar-refractivity contribution is 6.04. The minimum atomic E-state index is -0.784. The van der Waals surface area contributed by atoms with Gasteiger partial charge in [0, 0.05) is 11.1 Å². The fourth-order valence-corrected chi connectivity index (χ4v) is 2.99. The molecular formula is C23H13FN2O3. The number of anilines is 1. The molecule has 29 heavy (non-hydrogen) atoms. The molecule has 1 N–H and O–H groups in total. The molecule has 4 aromatic rings. The third kappa shape index (κ3) is 3.62. The molecule has 0 unspecified atom stereocenters. The van der Waals surface area contributed by atoms with Crippen LogP contribution in [-0.2, 0) is 0 Å². The van der Waals surface area contributed by atoms with Gasteiger partial charge in [-0.2, -0.15) is 5.26 Å². The summed E-state index contributed by atoms with van der Waals surface area (Å²) in [4.78, 5) is 24.8. The number of amides is 1. The molecular weight excluding hydrogens is 371 g/mol. The summed E-state index contributed by atoms with van der Waals surface area (Å²) in [5.74, 6) is -1.44. The van der Waals surface area contributed by atoms with Gasteiger partial charge in [-0.05, 0) is 48.0 Å². The standard InChI is InChI=1S/C23H13FN2O3/c24-20-10-14(13-25)8-9-18(20)22(27)26-17-6-3-5-15(11-17)19-12-16-4-1-2-7-21(16)29-23(19)28/h1-12H,(H,26,27). The first-order chi connectivity index (χ1) is 14.0. The van der Waals surface area contributed by atoms with E-state index in [1.54, 1.807) is 42.5 Å². The van der Waals surface area contributed by atoms with Crippen LogP contribution < -0.4 is 10.9 Å². The number of carbonyl (C=O) groups is 1. The van der Waals surface area contributed by atoms with Crippen molar-refractivity contribution in [2.45, 2.75) is 0 Å².